The lowest BCUT2D eigenvalue weighted by Crippen LogP contribution is -2.33. The molecule has 3 heteroatoms. The summed E-state index contributed by atoms with van der Waals surface area (Å²) in [4.78, 5) is 11.9. The lowest BCUT2D eigenvalue weighted by Gasteiger charge is -2.12. The first kappa shape index (κ1) is 11.7. The Labute approximate surface area is 90.4 Å². The van der Waals surface area contributed by atoms with Gasteiger partial charge in [0.15, 0.2) is 5.78 Å². The van der Waals surface area contributed by atoms with Crippen LogP contribution in [0.4, 0.5) is 0 Å². The smallest absolute Gasteiger partial charge is 0.179 e. The fourth-order valence-corrected chi connectivity index (χ4v) is 1.48. The molecule has 0 spiro atoms. The van der Waals surface area contributed by atoms with Crippen LogP contribution in [0, 0.1) is 0 Å². The number of hydrogen-bond acceptors (Lipinski definition) is 3. The molecule has 0 aromatic heterocycles. The number of methoxy groups -OCH3 is 1. The van der Waals surface area contributed by atoms with Gasteiger partial charge in [-0.1, -0.05) is 6.92 Å². The molecule has 15 heavy (non-hydrogen) atoms. The minimum Gasteiger partial charge on any atom is -0.497 e. The molecule has 3 nitrogen and oxygen atoms in total. The van der Waals surface area contributed by atoms with Crippen LogP contribution in [0.5, 0.6) is 5.75 Å². The Morgan fingerprint density at radius 1 is 1.40 bits per heavy atom. The van der Waals surface area contributed by atoms with E-state index in [1.54, 1.807) is 38.4 Å². The van der Waals surface area contributed by atoms with Crippen molar-refractivity contribution in [3.63, 3.8) is 0 Å². The number of hydrogen-bond donors (Lipinski definition) is 1. The predicted octanol–water partition coefficient (Wildman–Crippen LogP) is 1.88. The summed E-state index contributed by atoms with van der Waals surface area (Å²) in [5.41, 5.74) is 0.719. The molecule has 1 aromatic carbocycles. The fraction of sp³-hybridized carbons (Fsp3) is 0.417. The second-order valence-electron chi connectivity index (χ2n) is 3.34. The third-order valence-corrected chi connectivity index (χ3v) is 2.45. The third-order valence-electron chi connectivity index (χ3n) is 2.45. The minimum atomic E-state index is -0.0987. The van der Waals surface area contributed by atoms with Gasteiger partial charge in [-0.3, -0.25) is 4.79 Å². The van der Waals surface area contributed by atoms with Crippen LogP contribution in [0.15, 0.2) is 24.3 Å². The molecule has 0 amide bonds. The van der Waals surface area contributed by atoms with E-state index >= 15 is 0 Å². The lowest BCUT2D eigenvalue weighted by atomic mass is 10.0. The Balaban J connectivity index is 2.82. The van der Waals surface area contributed by atoms with E-state index in [-0.39, 0.29) is 11.8 Å². The zero-order valence-electron chi connectivity index (χ0n) is 9.41. The summed E-state index contributed by atoms with van der Waals surface area (Å²) in [7, 11) is 3.41. The van der Waals surface area contributed by atoms with E-state index in [0.29, 0.717) is 0 Å². The zero-order valence-corrected chi connectivity index (χ0v) is 9.41. The molecule has 0 heterocycles. The van der Waals surface area contributed by atoms with Crippen molar-refractivity contribution < 1.29 is 9.53 Å². The molecule has 0 fully saturated rings. The molecule has 0 bridgehead atoms. The van der Waals surface area contributed by atoms with Crippen molar-refractivity contribution in [1.82, 2.24) is 5.32 Å². The highest BCUT2D eigenvalue weighted by Gasteiger charge is 2.15. The van der Waals surface area contributed by atoms with E-state index in [0.717, 1.165) is 17.7 Å². The molecular weight excluding hydrogens is 190 g/mol. The van der Waals surface area contributed by atoms with Crippen molar-refractivity contribution >= 4 is 5.78 Å². The minimum absolute atomic E-state index is 0.0987. The van der Waals surface area contributed by atoms with Crippen molar-refractivity contribution in [3.05, 3.63) is 29.8 Å². The van der Waals surface area contributed by atoms with Crippen molar-refractivity contribution in [1.29, 1.82) is 0 Å². The Bertz CT molecular complexity index is 315. The first-order chi connectivity index (χ1) is 7.22. The number of nitrogens with one attached hydrogen (secondary N) is 1. The first-order valence-corrected chi connectivity index (χ1v) is 5.08. The molecule has 0 aliphatic rings. The highest BCUT2D eigenvalue weighted by Crippen LogP contribution is 2.13. The fourth-order valence-electron chi connectivity index (χ4n) is 1.48. The van der Waals surface area contributed by atoms with Gasteiger partial charge in [0.1, 0.15) is 5.75 Å². The van der Waals surface area contributed by atoms with Gasteiger partial charge in [0.05, 0.1) is 13.2 Å². The number of likely N-dealkylation sites (N-methyl/N-ethyl adjacent to an activating group) is 1. The van der Waals surface area contributed by atoms with E-state index in [2.05, 4.69) is 5.32 Å². The maximum Gasteiger partial charge on any atom is 0.179 e. The van der Waals surface area contributed by atoms with Gasteiger partial charge in [0, 0.05) is 5.56 Å². The summed E-state index contributed by atoms with van der Waals surface area (Å²) < 4.78 is 5.04. The summed E-state index contributed by atoms with van der Waals surface area (Å²) >= 11 is 0. The van der Waals surface area contributed by atoms with Crippen molar-refractivity contribution in [2.45, 2.75) is 19.4 Å². The first-order valence-electron chi connectivity index (χ1n) is 5.08. The number of ether oxygens (including phenoxy) is 1. The number of carbonyl (C=O) groups excluding carboxylic acids is 1. The quantitative estimate of drug-likeness (QED) is 0.749. The Hall–Kier alpha value is -1.35. The van der Waals surface area contributed by atoms with Gasteiger partial charge in [-0.25, -0.2) is 0 Å². The summed E-state index contributed by atoms with van der Waals surface area (Å²) in [5.74, 6) is 0.895. The molecule has 1 rings (SSSR count). The molecule has 1 atom stereocenters. The van der Waals surface area contributed by atoms with Crippen LogP contribution in [-0.2, 0) is 0 Å². The molecule has 1 N–H and O–H groups in total. The average Bonchev–Trinajstić information content (AvgIpc) is 2.30. The maximum atomic E-state index is 11.9. The molecule has 0 radical (unpaired) electrons. The van der Waals surface area contributed by atoms with Gasteiger partial charge >= 0.3 is 0 Å². The second kappa shape index (κ2) is 5.51. The summed E-state index contributed by atoms with van der Waals surface area (Å²) in [6.07, 6.45) is 0.793. The van der Waals surface area contributed by atoms with E-state index in [4.69, 9.17) is 4.74 Å². The van der Waals surface area contributed by atoms with Crippen LogP contribution in [0.25, 0.3) is 0 Å². The second-order valence-corrected chi connectivity index (χ2v) is 3.34. The number of benzene rings is 1. The number of Topliss-reactive ketones (excluding diaryl/α,β-unsaturated/α-hetero) is 1. The van der Waals surface area contributed by atoms with Crippen LogP contribution in [0.3, 0.4) is 0 Å². The van der Waals surface area contributed by atoms with E-state index in [1.165, 1.54) is 0 Å². The summed E-state index contributed by atoms with van der Waals surface area (Å²) in [6, 6.07) is 7.09. The van der Waals surface area contributed by atoms with Gasteiger partial charge < -0.3 is 10.1 Å². The van der Waals surface area contributed by atoms with Crippen LogP contribution < -0.4 is 10.1 Å². The predicted molar refractivity (Wildman–Crippen MR) is 60.5 cm³/mol. The monoisotopic (exact) mass is 207 g/mol. The topological polar surface area (TPSA) is 38.3 Å². The third kappa shape index (κ3) is 2.80. The van der Waals surface area contributed by atoms with Gasteiger partial charge in [-0.05, 0) is 37.7 Å². The molecule has 1 unspecified atom stereocenters. The average molecular weight is 207 g/mol. The standard InChI is InChI=1S/C12H17NO2/c1-4-11(13-2)12(14)9-5-7-10(15-3)8-6-9/h5-8,11,13H,4H2,1-3H3. The van der Waals surface area contributed by atoms with Crippen molar-refractivity contribution in [2.24, 2.45) is 0 Å². The van der Waals surface area contributed by atoms with Crippen LogP contribution in [0.1, 0.15) is 23.7 Å². The Morgan fingerprint density at radius 3 is 2.40 bits per heavy atom. The summed E-state index contributed by atoms with van der Waals surface area (Å²) in [6.45, 7) is 1.99. The SMILES string of the molecule is CCC(NC)C(=O)c1ccc(OC)cc1. The molecule has 1 aromatic rings. The number of ketones is 1. The van der Waals surface area contributed by atoms with Crippen LogP contribution >= 0.6 is 0 Å². The molecular formula is C12H17NO2. The Morgan fingerprint density at radius 2 is 2.00 bits per heavy atom. The maximum absolute atomic E-state index is 11.9. The molecule has 0 aliphatic carbocycles. The zero-order chi connectivity index (χ0) is 11.3. The largest absolute Gasteiger partial charge is 0.497 e. The molecule has 82 valence electrons. The van der Waals surface area contributed by atoms with Gasteiger partial charge in [0.2, 0.25) is 0 Å². The number of rotatable bonds is 5. The van der Waals surface area contributed by atoms with Gasteiger partial charge in [0.25, 0.3) is 0 Å². The van der Waals surface area contributed by atoms with Crippen LogP contribution in [-0.4, -0.2) is 26.0 Å². The van der Waals surface area contributed by atoms with Gasteiger partial charge in [-0.15, -0.1) is 0 Å². The van der Waals surface area contributed by atoms with Gasteiger partial charge in [-0.2, -0.15) is 0 Å². The summed E-state index contributed by atoms with van der Waals surface area (Å²) in [5, 5.41) is 3.00. The number of carbonyl (C=O) groups is 1. The van der Waals surface area contributed by atoms with Crippen molar-refractivity contribution in [3.8, 4) is 5.75 Å². The van der Waals surface area contributed by atoms with E-state index in [1.807, 2.05) is 6.92 Å². The van der Waals surface area contributed by atoms with E-state index in [9.17, 15) is 4.79 Å². The highest BCUT2D eigenvalue weighted by molar-refractivity contribution is 6.00. The molecule has 0 aliphatic heterocycles. The van der Waals surface area contributed by atoms with E-state index < -0.39 is 0 Å². The lowest BCUT2D eigenvalue weighted by molar-refractivity contribution is 0.0945. The normalized spacial score (nSPS) is 12.2. The molecule has 0 saturated carbocycles. The van der Waals surface area contributed by atoms with Crippen LogP contribution in [0.2, 0.25) is 0 Å². The highest BCUT2D eigenvalue weighted by atomic mass is 16.5. The Kier molecular flexibility index (Phi) is 4.31. The molecule has 0 saturated heterocycles. The van der Waals surface area contributed by atoms with Crippen molar-refractivity contribution in [2.75, 3.05) is 14.2 Å².